The lowest BCUT2D eigenvalue weighted by atomic mass is 9.96. The van der Waals surface area contributed by atoms with Crippen molar-refractivity contribution in [3.63, 3.8) is 0 Å². The van der Waals surface area contributed by atoms with E-state index >= 15 is 0 Å². The molecule has 1 aliphatic rings. The predicted octanol–water partition coefficient (Wildman–Crippen LogP) is 4.60. The molecule has 0 saturated heterocycles. The smallest absolute Gasteiger partial charge is 0.331 e. The lowest BCUT2D eigenvalue weighted by molar-refractivity contribution is -0.142. The van der Waals surface area contributed by atoms with Crippen LogP contribution in [0.25, 0.3) is 6.08 Å². The normalized spacial score (nSPS) is 13.0. The second-order valence-electron chi connectivity index (χ2n) is 6.18. The van der Waals surface area contributed by atoms with Crippen molar-refractivity contribution < 1.29 is 18.7 Å². The molecule has 1 heterocycles. The molecule has 1 aromatic carbocycles. The van der Waals surface area contributed by atoms with Gasteiger partial charge in [0.15, 0.2) is 6.61 Å². The number of carbonyl (C=O) groups is 2. The molecule has 1 amide bonds. The third kappa shape index (κ3) is 4.86. The number of ether oxygens (including phenoxy) is 1. The monoisotopic (exact) mass is 462 g/mol. The second-order valence-corrected chi connectivity index (χ2v) is 8.20. The van der Waals surface area contributed by atoms with Crippen molar-refractivity contribution in [1.29, 1.82) is 5.26 Å². The molecule has 8 heteroatoms. The van der Waals surface area contributed by atoms with Crippen LogP contribution >= 0.6 is 27.3 Å². The molecule has 1 aromatic heterocycles. The van der Waals surface area contributed by atoms with Gasteiger partial charge in [0.2, 0.25) is 0 Å². The Morgan fingerprint density at radius 1 is 1.36 bits per heavy atom. The highest BCUT2D eigenvalue weighted by Crippen LogP contribution is 2.37. The van der Waals surface area contributed by atoms with Crippen LogP contribution < -0.4 is 5.32 Å². The topological polar surface area (TPSA) is 79.2 Å². The zero-order valence-electron chi connectivity index (χ0n) is 14.8. The molecule has 0 saturated carbocycles. The van der Waals surface area contributed by atoms with Crippen LogP contribution in [0.4, 0.5) is 9.39 Å². The third-order valence-electron chi connectivity index (χ3n) is 4.24. The maximum atomic E-state index is 13.6. The van der Waals surface area contributed by atoms with Gasteiger partial charge in [-0.2, -0.15) is 5.26 Å². The largest absolute Gasteiger partial charge is 0.452 e. The number of aryl methyl sites for hydroxylation is 1. The molecule has 0 fully saturated rings. The Kier molecular flexibility index (Phi) is 6.60. The highest BCUT2D eigenvalue weighted by atomic mass is 79.9. The zero-order valence-corrected chi connectivity index (χ0v) is 17.2. The number of nitrogens with one attached hydrogen (secondary N) is 1. The van der Waals surface area contributed by atoms with Crippen molar-refractivity contribution in [3.8, 4) is 6.07 Å². The van der Waals surface area contributed by atoms with Crippen LogP contribution in [0.5, 0.6) is 0 Å². The van der Waals surface area contributed by atoms with Gasteiger partial charge in [-0.15, -0.1) is 11.3 Å². The quantitative estimate of drug-likeness (QED) is 0.520. The molecule has 0 aliphatic heterocycles. The van der Waals surface area contributed by atoms with Crippen molar-refractivity contribution >= 4 is 50.2 Å². The first-order valence-corrected chi connectivity index (χ1v) is 10.2. The summed E-state index contributed by atoms with van der Waals surface area (Å²) >= 11 is 4.63. The molecule has 28 heavy (non-hydrogen) atoms. The second kappa shape index (κ2) is 9.13. The van der Waals surface area contributed by atoms with Crippen LogP contribution in [0.15, 0.2) is 28.7 Å². The van der Waals surface area contributed by atoms with E-state index in [-0.39, 0.29) is 5.56 Å². The van der Waals surface area contributed by atoms with Gasteiger partial charge in [0, 0.05) is 21.0 Å². The van der Waals surface area contributed by atoms with Gasteiger partial charge < -0.3 is 10.1 Å². The van der Waals surface area contributed by atoms with Crippen molar-refractivity contribution in [2.45, 2.75) is 25.7 Å². The molecule has 0 radical (unpaired) electrons. The van der Waals surface area contributed by atoms with Crippen LogP contribution in [0, 0.1) is 17.1 Å². The van der Waals surface area contributed by atoms with E-state index in [0.29, 0.717) is 15.0 Å². The Bertz CT molecular complexity index is 994. The number of nitrogens with zero attached hydrogens (tertiary/aromatic N) is 1. The summed E-state index contributed by atoms with van der Waals surface area (Å²) in [5, 5.41) is 12.5. The van der Waals surface area contributed by atoms with Crippen molar-refractivity contribution in [3.05, 3.63) is 56.1 Å². The van der Waals surface area contributed by atoms with Crippen molar-refractivity contribution in [2.75, 3.05) is 11.9 Å². The van der Waals surface area contributed by atoms with Gasteiger partial charge >= 0.3 is 5.97 Å². The maximum Gasteiger partial charge on any atom is 0.331 e. The van der Waals surface area contributed by atoms with E-state index in [1.165, 1.54) is 29.5 Å². The number of thiophene rings is 1. The highest BCUT2D eigenvalue weighted by molar-refractivity contribution is 9.10. The Morgan fingerprint density at radius 2 is 2.14 bits per heavy atom. The first-order chi connectivity index (χ1) is 13.5. The number of anilines is 1. The molecule has 0 atom stereocenters. The molecule has 3 rings (SSSR count). The minimum absolute atomic E-state index is 0.221. The number of fused-ring (bicyclic) bond motifs is 1. The number of hydrogen-bond acceptors (Lipinski definition) is 5. The number of esters is 1. The average Bonchev–Trinajstić information content (AvgIpc) is 3.03. The Hall–Kier alpha value is -2.50. The molecular formula is C20H16BrFN2O3S. The van der Waals surface area contributed by atoms with Gasteiger partial charge in [-0.3, -0.25) is 4.79 Å². The summed E-state index contributed by atoms with van der Waals surface area (Å²) in [6, 6.07) is 6.50. The Morgan fingerprint density at radius 3 is 2.93 bits per heavy atom. The average molecular weight is 463 g/mol. The molecular weight excluding hydrogens is 447 g/mol. The van der Waals surface area contributed by atoms with Gasteiger partial charge in [-0.1, -0.05) is 15.9 Å². The van der Waals surface area contributed by atoms with Crippen molar-refractivity contribution in [1.82, 2.24) is 0 Å². The lowest BCUT2D eigenvalue weighted by Gasteiger charge is -2.09. The van der Waals surface area contributed by atoms with E-state index < -0.39 is 24.3 Å². The molecule has 0 bridgehead atoms. The highest BCUT2D eigenvalue weighted by Gasteiger charge is 2.21. The first-order valence-electron chi connectivity index (χ1n) is 8.62. The number of carbonyl (C=O) groups excluding carboxylic acids is 2. The first kappa shape index (κ1) is 20.2. The molecule has 5 nitrogen and oxygen atoms in total. The van der Waals surface area contributed by atoms with E-state index in [1.807, 2.05) is 0 Å². The number of benzene rings is 1. The molecule has 0 unspecified atom stereocenters. The van der Waals surface area contributed by atoms with Gasteiger partial charge in [0.05, 0.1) is 5.56 Å². The fraction of sp³-hybridized carbons (Fsp3) is 0.250. The predicted molar refractivity (Wildman–Crippen MR) is 108 cm³/mol. The molecule has 0 spiro atoms. The van der Waals surface area contributed by atoms with E-state index in [4.69, 9.17) is 4.74 Å². The summed E-state index contributed by atoms with van der Waals surface area (Å²) in [4.78, 5) is 25.0. The SMILES string of the molecule is N#Cc1c(NC(=O)COC(=O)/C=C/c2cc(Br)ccc2F)sc2c1CCCC2. The standard InChI is InChI=1S/C20H16BrFN2O3S/c21-13-6-7-16(22)12(9-13)5-8-19(26)27-11-18(25)24-20-15(10-23)14-3-1-2-4-17(14)28-20/h5-9H,1-4,11H2,(H,24,25)/b8-5+. The van der Waals surface area contributed by atoms with E-state index in [9.17, 15) is 19.2 Å². The molecule has 1 N–H and O–H groups in total. The summed E-state index contributed by atoms with van der Waals surface area (Å²) in [5.41, 5.74) is 1.74. The third-order valence-corrected chi connectivity index (χ3v) is 5.94. The maximum absolute atomic E-state index is 13.6. The van der Waals surface area contributed by atoms with Crippen LogP contribution in [-0.4, -0.2) is 18.5 Å². The van der Waals surface area contributed by atoms with Gasteiger partial charge in [-0.25, -0.2) is 9.18 Å². The molecule has 144 valence electrons. The zero-order chi connectivity index (χ0) is 20.1. The summed E-state index contributed by atoms with van der Waals surface area (Å²) in [6.07, 6.45) is 6.21. The van der Waals surface area contributed by atoms with Crippen LogP contribution in [-0.2, 0) is 27.2 Å². The Labute approximate surface area is 173 Å². The summed E-state index contributed by atoms with van der Waals surface area (Å²) in [6.45, 7) is -0.489. The van der Waals surface area contributed by atoms with Crippen molar-refractivity contribution in [2.24, 2.45) is 0 Å². The minimum Gasteiger partial charge on any atom is -0.452 e. The molecule has 1 aliphatic carbocycles. The van der Waals surface area contributed by atoms with E-state index in [0.717, 1.165) is 42.2 Å². The van der Waals surface area contributed by atoms with E-state index in [1.54, 1.807) is 6.07 Å². The molecule has 2 aromatic rings. The minimum atomic E-state index is -0.763. The summed E-state index contributed by atoms with van der Waals surface area (Å²) < 4.78 is 19.2. The fourth-order valence-corrected chi connectivity index (χ4v) is 4.55. The Balaban J connectivity index is 1.57. The fourth-order valence-electron chi connectivity index (χ4n) is 2.92. The van der Waals surface area contributed by atoms with Gasteiger partial charge in [0.25, 0.3) is 5.91 Å². The van der Waals surface area contributed by atoms with E-state index in [2.05, 4.69) is 27.3 Å². The van der Waals surface area contributed by atoms with Crippen LogP contribution in [0.3, 0.4) is 0 Å². The number of nitriles is 1. The van der Waals surface area contributed by atoms with Crippen LogP contribution in [0.2, 0.25) is 0 Å². The summed E-state index contributed by atoms with van der Waals surface area (Å²) in [7, 11) is 0. The number of halogens is 2. The number of amides is 1. The number of rotatable bonds is 5. The van der Waals surface area contributed by atoms with Gasteiger partial charge in [-0.05, 0) is 55.5 Å². The van der Waals surface area contributed by atoms with Crippen LogP contribution in [0.1, 0.15) is 34.4 Å². The lowest BCUT2D eigenvalue weighted by Crippen LogP contribution is -2.20. The van der Waals surface area contributed by atoms with Gasteiger partial charge in [0.1, 0.15) is 16.9 Å². The summed E-state index contributed by atoms with van der Waals surface area (Å²) in [5.74, 6) is -1.76. The number of hydrogen-bond donors (Lipinski definition) is 1.